The van der Waals surface area contributed by atoms with Crippen LogP contribution in [0.1, 0.15) is 33.6 Å². The summed E-state index contributed by atoms with van der Waals surface area (Å²) >= 11 is 1.96. The molecule has 25 heavy (non-hydrogen) atoms. The van der Waals surface area contributed by atoms with Crippen LogP contribution in [0.5, 0.6) is 0 Å². The van der Waals surface area contributed by atoms with Crippen LogP contribution in [0.3, 0.4) is 0 Å². The molecule has 1 aliphatic heterocycles. The number of hydrogen-bond acceptors (Lipinski definition) is 5. The summed E-state index contributed by atoms with van der Waals surface area (Å²) < 4.78 is 23.2. The first-order valence-electron chi connectivity index (χ1n) is 8.13. The first-order valence-corrected chi connectivity index (χ1v) is 10.9. The molecular formula is C16H26IO7P. The van der Waals surface area contributed by atoms with Gasteiger partial charge in [0.05, 0.1) is 12.2 Å². The van der Waals surface area contributed by atoms with E-state index in [1.807, 2.05) is 36.4 Å². The highest BCUT2D eigenvalue weighted by Crippen LogP contribution is 2.41. The Balaban J connectivity index is 2.75. The molecule has 0 spiro atoms. The van der Waals surface area contributed by atoms with Crippen molar-refractivity contribution in [2.75, 3.05) is 0 Å². The second-order valence-corrected chi connectivity index (χ2v) is 8.39. The topological polar surface area (TPSA) is 113 Å². The molecule has 0 saturated carbocycles. The quantitative estimate of drug-likeness (QED) is 0.260. The van der Waals surface area contributed by atoms with Crippen LogP contribution in [-0.2, 0) is 18.6 Å². The highest BCUT2D eigenvalue weighted by molar-refractivity contribution is 14.1. The van der Waals surface area contributed by atoms with Crippen LogP contribution in [0, 0.1) is 17.8 Å². The zero-order valence-electron chi connectivity index (χ0n) is 14.5. The highest BCUT2D eigenvalue weighted by atomic mass is 127. The van der Waals surface area contributed by atoms with Crippen molar-refractivity contribution in [2.24, 2.45) is 17.8 Å². The maximum absolute atomic E-state index is 11.4. The SMILES string of the molecule is C[C@H]([C@H](CC[C@H](C)[C@@H]1OC(=O)C=C[C@@H]1C)OP(=O)(O)O)[C@@H](O)/C=C\I. The molecule has 1 heterocycles. The molecule has 0 aliphatic carbocycles. The van der Waals surface area contributed by atoms with Crippen molar-refractivity contribution < 1.29 is 33.5 Å². The molecule has 0 aromatic carbocycles. The lowest BCUT2D eigenvalue weighted by atomic mass is 9.85. The number of ether oxygens (including phenoxy) is 1. The van der Waals surface area contributed by atoms with Crippen LogP contribution in [0.15, 0.2) is 22.3 Å². The molecule has 0 aromatic rings. The van der Waals surface area contributed by atoms with Gasteiger partial charge in [-0.1, -0.05) is 49.4 Å². The van der Waals surface area contributed by atoms with Crippen molar-refractivity contribution in [1.82, 2.24) is 0 Å². The number of phosphoric ester groups is 1. The van der Waals surface area contributed by atoms with Gasteiger partial charge in [-0.25, -0.2) is 9.36 Å². The molecule has 0 fully saturated rings. The van der Waals surface area contributed by atoms with Crippen LogP contribution >= 0.6 is 30.4 Å². The molecule has 7 nitrogen and oxygen atoms in total. The van der Waals surface area contributed by atoms with Gasteiger partial charge < -0.3 is 19.6 Å². The van der Waals surface area contributed by atoms with Gasteiger partial charge in [0.25, 0.3) is 0 Å². The Morgan fingerprint density at radius 1 is 1.40 bits per heavy atom. The van der Waals surface area contributed by atoms with E-state index in [9.17, 15) is 14.5 Å². The van der Waals surface area contributed by atoms with Gasteiger partial charge in [-0.2, -0.15) is 0 Å². The maximum atomic E-state index is 11.4. The minimum atomic E-state index is -4.68. The van der Waals surface area contributed by atoms with Gasteiger partial charge in [0.15, 0.2) is 0 Å². The smallest absolute Gasteiger partial charge is 0.458 e. The summed E-state index contributed by atoms with van der Waals surface area (Å²) in [6.45, 7) is 5.55. The van der Waals surface area contributed by atoms with Crippen molar-refractivity contribution >= 4 is 36.4 Å². The first kappa shape index (κ1) is 22.8. The predicted molar refractivity (Wildman–Crippen MR) is 102 cm³/mol. The molecule has 0 bridgehead atoms. The van der Waals surface area contributed by atoms with Crippen LogP contribution in [0.2, 0.25) is 0 Å². The molecule has 0 aromatic heterocycles. The number of hydrogen-bond donors (Lipinski definition) is 3. The molecule has 0 amide bonds. The lowest BCUT2D eigenvalue weighted by molar-refractivity contribution is -0.149. The molecule has 6 atom stereocenters. The van der Waals surface area contributed by atoms with E-state index in [1.54, 1.807) is 23.2 Å². The molecule has 0 unspecified atom stereocenters. The number of phosphoric acid groups is 1. The minimum Gasteiger partial charge on any atom is -0.458 e. The van der Waals surface area contributed by atoms with Gasteiger partial charge in [0.2, 0.25) is 0 Å². The van der Waals surface area contributed by atoms with E-state index < -0.39 is 25.9 Å². The number of carbonyl (C=O) groups excluding carboxylic acids is 1. The number of aliphatic hydroxyl groups is 1. The highest BCUT2D eigenvalue weighted by Gasteiger charge is 2.33. The van der Waals surface area contributed by atoms with Crippen molar-refractivity contribution in [3.05, 3.63) is 22.3 Å². The minimum absolute atomic E-state index is 0.0174. The summed E-state index contributed by atoms with van der Waals surface area (Å²) in [4.78, 5) is 29.7. The zero-order valence-corrected chi connectivity index (χ0v) is 17.5. The number of cyclic esters (lactones) is 1. The van der Waals surface area contributed by atoms with Gasteiger partial charge >= 0.3 is 13.8 Å². The van der Waals surface area contributed by atoms with Crippen LogP contribution in [0.25, 0.3) is 0 Å². The van der Waals surface area contributed by atoms with Crippen molar-refractivity contribution in [1.29, 1.82) is 0 Å². The van der Waals surface area contributed by atoms with E-state index in [-0.39, 0.29) is 23.9 Å². The van der Waals surface area contributed by atoms with E-state index in [1.165, 1.54) is 6.08 Å². The Hall–Kier alpha value is -0.250. The van der Waals surface area contributed by atoms with Gasteiger partial charge in [-0.15, -0.1) is 0 Å². The van der Waals surface area contributed by atoms with Gasteiger partial charge in [0.1, 0.15) is 6.10 Å². The van der Waals surface area contributed by atoms with Gasteiger partial charge in [-0.3, -0.25) is 4.52 Å². The summed E-state index contributed by atoms with van der Waals surface area (Å²) in [5.41, 5.74) is 0. The summed E-state index contributed by atoms with van der Waals surface area (Å²) in [6.07, 6.45) is 3.62. The Bertz CT molecular complexity index is 545. The number of rotatable bonds is 9. The first-order chi connectivity index (χ1) is 11.5. The number of carbonyl (C=O) groups is 1. The monoisotopic (exact) mass is 488 g/mol. The molecule has 0 radical (unpaired) electrons. The zero-order chi connectivity index (χ0) is 19.2. The fraction of sp³-hybridized carbons (Fsp3) is 0.688. The van der Waals surface area contributed by atoms with Gasteiger partial charge in [-0.05, 0) is 28.9 Å². The van der Waals surface area contributed by atoms with Crippen molar-refractivity contribution in [3.8, 4) is 0 Å². The molecule has 1 aliphatic rings. The predicted octanol–water partition coefficient (Wildman–Crippen LogP) is 2.94. The molecular weight excluding hydrogens is 462 g/mol. The Morgan fingerprint density at radius 2 is 2.04 bits per heavy atom. The second kappa shape index (κ2) is 10.2. The normalized spacial score (nSPS) is 26.3. The third-order valence-corrected chi connectivity index (χ3v) is 5.40. The third-order valence-electron chi connectivity index (χ3n) is 4.44. The Labute approximate surface area is 161 Å². The van der Waals surface area contributed by atoms with Crippen LogP contribution < -0.4 is 0 Å². The van der Waals surface area contributed by atoms with E-state index in [4.69, 9.17) is 19.0 Å². The molecule has 144 valence electrons. The lowest BCUT2D eigenvalue weighted by Gasteiger charge is -2.32. The standard InChI is InChI=1S/C16H26IO7P/c1-10(16-11(2)5-7-15(19)23-16)4-6-14(24-25(20,21)22)12(3)13(18)8-9-17/h5,7-14,16,18H,4,6H2,1-3H3,(H2,20,21,22)/b9-8-/t10-,11-,12-,13-,14-,16-/m0/s1. The van der Waals surface area contributed by atoms with Crippen molar-refractivity contribution in [2.45, 2.75) is 51.9 Å². The number of esters is 1. The van der Waals surface area contributed by atoms with Crippen LogP contribution in [-0.4, -0.2) is 39.2 Å². The Kier molecular flexibility index (Phi) is 9.28. The number of halogens is 1. The number of aliphatic hydroxyl groups excluding tert-OH is 1. The van der Waals surface area contributed by atoms with E-state index in [2.05, 4.69) is 0 Å². The summed E-state index contributed by atoms with van der Waals surface area (Å²) in [7, 11) is -4.68. The van der Waals surface area contributed by atoms with Crippen LogP contribution in [0.4, 0.5) is 0 Å². The van der Waals surface area contributed by atoms with E-state index in [0.29, 0.717) is 12.8 Å². The van der Waals surface area contributed by atoms with E-state index >= 15 is 0 Å². The fourth-order valence-corrected chi connectivity index (χ4v) is 3.98. The molecule has 3 N–H and O–H groups in total. The summed E-state index contributed by atoms with van der Waals surface area (Å²) in [5, 5.41) is 10.1. The molecule has 0 saturated heterocycles. The maximum Gasteiger partial charge on any atom is 0.469 e. The Morgan fingerprint density at radius 3 is 2.60 bits per heavy atom. The second-order valence-electron chi connectivity index (χ2n) is 6.48. The fourth-order valence-electron chi connectivity index (χ4n) is 2.90. The van der Waals surface area contributed by atoms with Crippen molar-refractivity contribution in [3.63, 3.8) is 0 Å². The molecule has 9 heteroatoms. The summed E-state index contributed by atoms with van der Waals surface area (Å²) in [5.74, 6) is -0.832. The lowest BCUT2D eigenvalue weighted by Crippen LogP contribution is -2.35. The average Bonchev–Trinajstić information content (AvgIpc) is 2.51. The third kappa shape index (κ3) is 7.88. The van der Waals surface area contributed by atoms with Gasteiger partial charge in [0, 0.05) is 17.9 Å². The molecule has 1 rings (SSSR count). The van der Waals surface area contributed by atoms with E-state index in [0.717, 1.165) is 0 Å². The average molecular weight is 488 g/mol. The largest absolute Gasteiger partial charge is 0.469 e. The summed E-state index contributed by atoms with van der Waals surface area (Å²) in [6, 6.07) is 0.